The van der Waals surface area contributed by atoms with E-state index in [1.54, 1.807) is 0 Å². The first-order valence-electron chi connectivity index (χ1n) is 5.02. The monoisotopic (exact) mass is 187 g/mol. The molecule has 2 atom stereocenters. The van der Waals surface area contributed by atoms with Gasteiger partial charge in [-0.1, -0.05) is 6.92 Å². The first-order valence-corrected chi connectivity index (χ1v) is 5.02. The van der Waals surface area contributed by atoms with Gasteiger partial charge in [0, 0.05) is 18.0 Å². The molecule has 2 unspecified atom stereocenters. The van der Waals surface area contributed by atoms with Crippen molar-refractivity contribution in [1.29, 1.82) is 0 Å². The van der Waals surface area contributed by atoms with E-state index in [1.807, 2.05) is 6.92 Å². The Labute approximate surface area is 80.4 Å². The number of hydrogen-bond acceptors (Lipinski definition) is 3. The molecule has 0 bridgehead atoms. The van der Waals surface area contributed by atoms with Crippen molar-refractivity contribution in [2.24, 2.45) is 5.41 Å². The molecular formula is C10H21NO2. The molecule has 1 rings (SSSR count). The predicted octanol–water partition coefficient (Wildman–Crippen LogP) is 0.460. The van der Waals surface area contributed by atoms with Crippen LogP contribution in [-0.2, 0) is 0 Å². The number of rotatable bonds is 2. The summed E-state index contributed by atoms with van der Waals surface area (Å²) >= 11 is 0. The average Bonchev–Trinajstić information content (AvgIpc) is 2.09. The van der Waals surface area contributed by atoms with Crippen molar-refractivity contribution in [3.05, 3.63) is 0 Å². The van der Waals surface area contributed by atoms with Crippen molar-refractivity contribution in [2.75, 3.05) is 19.7 Å². The minimum Gasteiger partial charge on any atom is -0.396 e. The summed E-state index contributed by atoms with van der Waals surface area (Å²) in [6.07, 6.45) is 0.483. The van der Waals surface area contributed by atoms with Crippen LogP contribution in [0.25, 0.3) is 0 Å². The molecule has 3 nitrogen and oxygen atoms in total. The average molecular weight is 187 g/mol. The number of piperidine rings is 1. The molecular weight excluding hydrogens is 166 g/mol. The van der Waals surface area contributed by atoms with Crippen LogP contribution in [0.5, 0.6) is 0 Å². The van der Waals surface area contributed by atoms with E-state index >= 15 is 0 Å². The molecule has 0 spiro atoms. The molecule has 13 heavy (non-hydrogen) atoms. The summed E-state index contributed by atoms with van der Waals surface area (Å²) in [5.74, 6) is 0. The summed E-state index contributed by atoms with van der Waals surface area (Å²) in [7, 11) is 0. The van der Waals surface area contributed by atoms with Gasteiger partial charge in [-0.25, -0.2) is 0 Å². The molecule has 0 radical (unpaired) electrons. The van der Waals surface area contributed by atoms with Gasteiger partial charge in [0.25, 0.3) is 0 Å². The number of β-amino-alcohol motifs (C(OH)–C–C–N with tert-alkyl or cyclic N) is 1. The predicted molar refractivity (Wildman–Crippen MR) is 52.5 cm³/mol. The highest BCUT2D eigenvalue weighted by atomic mass is 16.3. The van der Waals surface area contributed by atoms with Crippen LogP contribution < -0.4 is 0 Å². The lowest BCUT2D eigenvalue weighted by molar-refractivity contribution is -0.0695. The Balaban J connectivity index is 2.56. The third kappa shape index (κ3) is 2.22. The third-order valence-corrected chi connectivity index (χ3v) is 3.27. The van der Waals surface area contributed by atoms with Gasteiger partial charge in [-0.15, -0.1) is 0 Å². The quantitative estimate of drug-likeness (QED) is 0.660. The van der Waals surface area contributed by atoms with Crippen LogP contribution in [0.4, 0.5) is 0 Å². The molecule has 0 aromatic rings. The van der Waals surface area contributed by atoms with Gasteiger partial charge in [0.1, 0.15) is 0 Å². The van der Waals surface area contributed by atoms with Crippen LogP contribution in [0.1, 0.15) is 27.2 Å². The summed E-state index contributed by atoms with van der Waals surface area (Å²) in [5, 5.41) is 19.0. The zero-order valence-corrected chi connectivity index (χ0v) is 8.82. The lowest BCUT2D eigenvalue weighted by atomic mass is 9.78. The highest BCUT2D eigenvalue weighted by Gasteiger charge is 2.38. The summed E-state index contributed by atoms with van der Waals surface area (Å²) in [6.45, 7) is 7.97. The highest BCUT2D eigenvalue weighted by Crippen LogP contribution is 2.31. The number of nitrogens with zero attached hydrogens (tertiary/aromatic N) is 1. The number of hydrogen-bond donors (Lipinski definition) is 2. The van der Waals surface area contributed by atoms with Crippen LogP contribution in [0, 0.1) is 5.41 Å². The summed E-state index contributed by atoms with van der Waals surface area (Å²) in [5.41, 5.74) is -0.286. The van der Waals surface area contributed by atoms with Crippen molar-refractivity contribution in [2.45, 2.75) is 39.3 Å². The van der Waals surface area contributed by atoms with Gasteiger partial charge in [-0.05, 0) is 26.8 Å². The van der Waals surface area contributed by atoms with E-state index in [-0.39, 0.29) is 12.0 Å². The minimum atomic E-state index is -0.395. The van der Waals surface area contributed by atoms with Crippen molar-refractivity contribution >= 4 is 0 Å². The second kappa shape index (κ2) is 3.95. The number of aliphatic hydroxyl groups is 2. The van der Waals surface area contributed by atoms with Crippen molar-refractivity contribution < 1.29 is 10.2 Å². The standard InChI is InChI=1S/C10H21NO2/c1-8(2)11-5-4-10(3,7-12)9(13)6-11/h8-9,12-13H,4-7H2,1-3H3. The van der Waals surface area contributed by atoms with E-state index < -0.39 is 6.10 Å². The van der Waals surface area contributed by atoms with Crippen LogP contribution in [-0.4, -0.2) is 47.0 Å². The lowest BCUT2D eigenvalue weighted by Crippen LogP contribution is -2.53. The van der Waals surface area contributed by atoms with E-state index in [2.05, 4.69) is 18.7 Å². The molecule has 0 aliphatic carbocycles. The van der Waals surface area contributed by atoms with Crippen LogP contribution in [0.3, 0.4) is 0 Å². The van der Waals surface area contributed by atoms with Gasteiger partial charge in [0.05, 0.1) is 12.7 Å². The number of likely N-dealkylation sites (tertiary alicyclic amines) is 1. The lowest BCUT2D eigenvalue weighted by Gasteiger charge is -2.43. The summed E-state index contributed by atoms with van der Waals surface area (Å²) < 4.78 is 0. The van der Waals surface area contributed by atoms with Gasteiger partial charge in [0.15, 0.2) is 0 Å². The largest absolute Gasteiger partial charge is 0.396 e. The second-order valence-electron chi connectivity index (χ2n) is 4.67. The van der Waals surface area contributed by atoms with Crippen LogP contribution in [0.2, 0.25) is 0 Å². The SMILES string of the molecule is CC(C)N1CCC(C)(CO)C(O)C1. The van der Waals surface area contributed by atoms with Crippen molar-refractivity contribution in [3.8, 4) is 0 Å². The van der Waals surface area contributed by atoms with E-state index in [1.165, 1.54) is 0 Å². The van der Waals surface area contributed by atoms with E-state index in [4.69, 9.17) is 5.11 Å². The van der Waals surface area contributed by atoms with Crippen LogP contribution in [0.15, 0.2) is 0 Å². The Morgan fingerprint density at radius 1 is 1.54 bits per heavy atom. The molecule has 1 aliphatic heterocycles. The first-order chi connectivity index (χ1) is 5.99. The fourth-order valence-corrected chi connectivity index (χ4v) is 1.75. The molecule has 78 valence electrons. The van der Waals surface area contributed by atoms with E-state index in [9.17, 15) is 5.11 Å². The molecule has 2 N–H and O–H groups in total. The maximum Gasteiger partial charge on any atom is 0.0743 e. The second-order valence-corrected chi connectivity index (χ2v) is 4.67. The molecule has 0 saturated carbocycles. The van der Waals surface area contributed by atoms with Crippen LogP contribution >= 0.6 is 0 Å². The Morgan fingerprint density at radius 2 is 2.15 bits per heavy atom. The normalized spacial score (nSPS) is 36.9. The molecule has 1 aliphatic rings. The zero-order chi connectivity index (χ0) is 10.1. The molecule has 1 heterocycles. The van der Waals surface area contributed by atoms with Crippen molar-refractivity contribution in [3.63, 3.8) is 0 Å². The van der Waals surface area contributed by atoms with Gasteiger partial charge in [-0.2, -0.15) is 0 Å². The molecule has 1 fully saturated rings. The van der Waals surface area contributed by atoms with Gasteiger partial charge < -0.3 is 10.2 Å². The minimum absolute atomic E-state index is 0.0834. The molecule has 0 aromatic carbocycles. The van der Waals surface area contributed by atoms with E-state index in [0.717, 1.165) is 13.0 Å². The van der Waals surface area contributed by atoms with Gasteiger partial charge in [-0.3, -0.25) is 4.90 Å². The Kier molecular flexibility index (Phi) is 3.33. The van der Waals surface area contributed by atoms with Crippen molar-refractivity contribution in [1.82, 2.24) is 4.90 Å². The molecule has 0 amide bonds. The number of aliphatic hydroxyl groups excluding tert-OH is 2. The fraction of sp³-hybridized carbons (Fsp3) is 1.00. The maximum absolute atomic E-state index is 9.85. The zero-order valence-electron chi connectivity index (χ0n) is 8.82. The molecule has 1 saturated heterocycles. The Hall–Kier alpha value is -0.120. The summed E-state index contributed by atoms with van der Waals surface area (Å²) in [6, 6.07) is 0.484. The first kappa shape index (κ1) is 11.0. The topological polar surface area (TPSA) is 43.7 Å². The van der Waals surface area contributed by atoms with Gasteiger partial charge >= 0.3 is 0 Å². The smallest absolute Gasteiger partial charge is 0.0743 e. The molecule has 0 aromatic heterocycles. The summed E-state index contributed by atoms with van der Waals surface area (Å²) in [4.78, 5) is 2.25. The fourth-order valence-electron chi connectivity index (χ4n) is 1.75. The van der Waals surface area contributed by atoms with Gasteiger partial charge in [0.2, 0.25) is 0 Å². The maximum atomic E-state index is 9.85. The Bertz CT molecular complexity index is 172. The van der Waals surface area contributed by atoms with E-state index in [0.29, 0.717) is 12.6 Å². The Morgan fingerprint density at radius 3 is 2.54 bits per heavy atom. The molecule has 3 heteroatoms. The third-order valence-electron chi connectivity index (χ3n) is 3.27. The highest BCUT2D eigenvalue weighted by molar-refractivity contribution is 4.90.